The van der Waals surface area contributed by atoms with Gasteiger partial charge in [0.15, 0.2) is 11.4 Å². The van der Waals surface area contributed by atoms with Gasteiger partial charge >= 0.3 is 18.0 Å². The standard InChI is InChI=1S/C27H30ClFN6O6.C20H19ClFN5O3/c1-14(2)23(33-27(40)41-3)25(37)32-21(26(38)39)12-18(31-24(36)22-13-30-35-34-22)10-15-4-6-16(7-5-15)19-11-17(28)8-9-20(19)29;21-13-5-6-16(22)15(8-13)12-3-1-11(2-4-12)7-14(9-17(23)20(29)30)25-19(28)18-10-24-27-26-18/h4-9,11,13-14,18,21,23H,10,12H2,1-3H3,(H,31,36)(H,32,37)(H,33,40)(H,38,39)(H,30,34,35);1-6,8,10,14,17H,7,9,23H2,(H,25,28)(H,29,30)(H,24,26,27)/t18-,21-,23+;14-,17-/m11/s1. The van der Waals surface area contributed by atoms with Crippen molar-refractivity contribution in [3.63, 3.8) is 0 Å². The number of aromatic nitrogens is 6. The molecular weight excluding hydrogens is 971 g/mol. The number of H-pyrrole nitrogens is 2. The molecule has 0 unspecified atom stereocenters. The van der Waals surface area contributed by atoms with Crippen molar-refractivity contribution in [1.82, 2.24) is 52.1 Å². The highest BCUT2D eigenvalue weighted by molar-refractivity contribution is 6.31. The van der Waals surface area contributed by atoms with Crippen molar-refractivity contribution >= 4 is 59.0 Å². The Labute approximate surface area is 414 Å². The van der Waals surface area contributed by atoms with Gasteiger partial charge in [-0.25, -0.2) is 18.4 Å². The van der Waals surface area contributed by atoms with Crippen LogP contribution >= 0.6 is 23.2 Å². The Morgan fingerprint density at radius 3 is 1.49 bits per heavy atom. The van der Waals surface area contributed by atoms with E-state index in [-0.39, 0.29) is 36.6 Å². The number of aliphatic carboxylic acids is 2. The third-order valence-electron chi connectivity index (χ3n) is 10.7. The van der Waals surface area contributed by atoms with Crippen LogP contribution in [0.4, 0.5) is 13.6 Å². The van der Waals surface area contributed by atoms with Gasteiger partial charge in [0.25, 0.3) is 11.8 Å². The van der Waals surface area contributed by atoms with E-state index >= 15 is 0 Å². The van der Waals surface area contributed by atoms with Crippen LogP contribution in [0.25, 0.3) is 22.3 Å². The maximum Gasteiger partial charge on any atom is 0.407 e. The molecule has 2 heterocycles. The second kappa shape index (κ2) is 25.7. The Morgan fingerprint density at radius 1 is 0.662 bits per heavy atom. The quantitative estimate of drug-likeness (QED) is 0.0466. The maximum absolute atomic E-state index is 14.3. The first-order valence-electron chi connectivity index (χ1n) is 21.6. The van der Waals surface area contributed by atoms with Crippen LogP contribution in [-0.2, 0) is 32.0 Å². The molecule has 4 amide bonds. The number of alkyl carbamates (subject to hydrolysis) is 1. The van der Waals surface area contributed by atoms with E-state index in [9.17, 15) is 42.7 Å². The number of aromatic amines is 2. The van der Waals surface area contributed by atoms with Crippen LogP contribution in [-0.4, -0.2) is 114 Å². The van der Waals surface area contributed by atoms with Crippen LogP contribution in [0.3, 0.4) is 0 Å². The molecule has 0 fully saturated rings. The summed E-state index contributed by atoms with van der Waals surface area (Å²) < 4.78 is 33.0. The average molecular weight is 1020 g/mol. The van der Waals surface area contributed by atoms with Crippen molar-refractivity contribution in [2.45, 2.75) is 69.7 Å². The molecule has 6 aromatic rings. The van der Waals surface area contributed by atoms with Crippen LogP contribution in [0.1, 0.15) is 58.8 Å². The van der Waals surface area contributed by atoms with E-state index in [1.807, 2.05) is 0 Å². The number of hydrogen-bond donors (Lipinski definition) is 9. The Morgan fingerprint density at radius 2 is 1.11 bits per heavy atom. The molecule has 5 atom stereocenters. The van der Waals surface area contributed by atoms with E-state index in [0.29, 0.717) is 44.3 Å². The van der Waals surface area contributed by atoms with Gasteiger partial charge in [0.1, 0.15) is 29.8 Å². The number of halogens is 4. The molecule has 2 aromatic heterocycles. The number of carboxylic acid groups (broad SMARTS) is 2. The van der Waals surface area contributed by atoms with Gasteiger partial charge < -0.3 is 42.0 Å². The topological polar surface area (TPSA) is 309 Å². The zero-order valence-corrected chi connectivity index (χ0v) is 39.7. The van der Waals surface area contributed by atoms with Crippen molar-refractivity contribution < 1.29 is 52.5 Å². The van der Waals surface area contributed by atoms with Crippen LogP contribution in [0.15, 0.2) is 97.3 Å². The zero-order valence-electron chi connectivity index (χ0n) is 38.2. The first kappa shape index (κ1) is 54.1. The lowest BCUT2D eigenvalue weighted by Gasteiger charge is -2.26. The van der Waals surface area contributed by atoms with Gasteiger partial charge in [0.2, 0.25) is 5.91 Å². The molecule has 0 saturated carbocycles. The second-order valence-corrected chi connectivity index (χ2v) is 17.1. The van der Waals surface area contributed by atoms with Gasteiger partial charge in [-0.3, -0.25) is 19.2 Å². The third-order valence-corrected chi connectivity index (χ3v) is 11.2. The number of carbonyl (C=O) groups is 6. The molecule has 0 aliphatic heterocycles. The van der Waals surface area contributed by atoms with Crippen LogP contribution in [0.5, 0.6) is 0 Å². The zero-order chi connectivity index (χ0) is 51.8. The number of amides is 4. The fourth-order valence-electron chi connectivity index (χ4n) is 7.07. The van der Waals surface area contributed by atoms with Crippen molar-refractivity contribution in [1.29, 1.82) is 0 Å². The normalized spacial score (nSPS) is 13.0. The molecule has 0 aliphatic rings. The summed E-state index contributed by atoms with van der Waals surface area (Å²) >= 11 is 12.0. The van der Waals surface area contributed by atoms with E-state index < -0.39 is 77.6 Å². The fourth-order valence-corrected chi connectivity index (χ4v) is 7.41. The summed E-state index contributed by atoms with van der Waals surface area (Å²) in [5.74, 6) is -5.55. The van der Waals surface area contributed by atoms with Crippen molar-refractivity contribution in [2.75, 3.05) is 7.11 Å². The van der Waals surface area contributed by atoms with Crippen molar-refractivity contribution in [2.24, 2.45) is 11.7 Å². The highest BCUT2D eigenvalue weighted by Crippen LogP contribution is 2.28. The first-order valence-corrected chi connectivity index (χ1v) is 22.3. The molecule has 10 N–H and O–H groups in total. The summed E-state index contributed by atoms with van der Waals surface area (Å²) in [6, 6.07) is 17.4. The van der Waals surface area contributed by atoms with Gasteiger partial charge in [0.05, 0.1) is 19.5 Å². The van der Waals surface area contributed by atoms with E-state index in [0.717, 1.165) is 12.7 Å². The minimum atomic E-state index is -1.43. The smallest absolute Gasteiger partial charge is 0.407 e. The summed E-state index contributed by atoms with van der Waals surface area (Å²) in [6.45, 7) is 3.35. The second-order valence-electron chi connectivity index (χ2n) is 16.3. The number of hydrogen-bond acceptors (Lipinski definition) is 12. The van der Waals surface area contributed by atoms with Gasteiger partial charge in [-0.05, 0) is 90.3 Å². The molecule has 20 nitrogen and oxygen atoms in total. The number of nitrogens with zero attached hydrogens (tertiary/aromatic N) is 4. The molecule has 6 rings (SSSR count). The predicted molar refractivity (Wildman–Crippen MR) is 255 cm³/mol. The number of benzene rings is 4. The van der Waals surface area contributed by atoms with E-state index in [1.54, 1.807) is 68.4 Å². The Bertz CT molecular complexity index is 2770. The Hall–Kier alpha value is -7.82. The maximum atomic E-state index is 14.3. The van der Waals surface area contributed by atoms with Gasteiger partial charge in [-0.2, -0.15) is 30.8 Å². The number of carboxylic acids is 2. The number of nitrogens with two attached hydrogens (primary N) is 1. The molecule has 4 aromatic carbocycles. The molecular formula is C47H49Cl2F2N11O9. The molecule has 0 radical (unpaired) electrons. The predicted octanol–water partition coefficient (Wildman–Crippen LogP) is 5.35. The lowest BCUT2D eigenvalue weighted by Crippen LogP contribution is -2.55. The highest BCUT2D eigenvalue weighted by atomic mass is 35.5. The Balaban J connectivity index is 0.000000277. The number of nitrogens with one attached hydrogen (secondary N) is 6. The van der Waals surface area contributed by atoms with Gasteiger partial charge in [-0.15, -0.1) is 0 Å². The molecule has 374 valence electrons. The van der Waals surface area contributed by atoms with Gasteiger partial charge in [0, 0.05) is 33.3 Å². The lowest BCUT2D eigenvalue weighted by molar-refractivity contribution is -0.142. The molecule has 0 spiro atoms. The number of ether oxygens (including phenoxy) is 1. The van der Waals surface area contributed by atoms with Crippen molar-refractivity contribution in [3.05, 3.63) is 142 Å². The Kier molecular flexibility index (Phi) is 19.6. The molecule has 0 saturated heterocycles. The minimum absolute atomic E-state index is 0.0140. The summed E-state index contributed by atoms with van der Waals surface area (Å²) in [5, 5.41) is 49.5. The van der Waals surface area contributed by atoms with E-state index in [4.69, 9.17) is 34.0 Å². The molecule has 0 bridgehead atoms. The summed E-state index contributed by atoms with van der Waals surface area (Å²) in [6.07, 6.45) is 1.92. The number of methoxy groups -OCH3 is 1. The number of rotatable bonds is 20. The van der Waals surface area contributed by atoms with Gasteiger partial charge in [-0.1, -0.05) is 85.6 Å². The van der Waals surface area contributed by atoms with Crippen LogP contribution < -0.4 is 27.0 Å². The fraction of sp³-hybridized carbons (Fsp3) is 0.277. The first-order chi connectivity index (χ1) is 33.8. The molecule has 0 aliphatic carbocycles. The largest absolute Gasteiger partial charge is 0.480 e. The van der Waals surface area contributed by atoms with Crippen molar-refractivity contribution in [3.8, 4) is 22.3 Å². The molecule has 71 heavy (non-hydrogen) atoms. The summed E-state index contributed by atoms with van der Waals surface area (Å²) in [4.78, 5) is 73.0. The average Bonchev–Trinajstić information content (AvgIpc) is 4.09. The monoisotopic (exact) mass is 1020 g/mol. The van der Waals surface area contributed by atoms with Crippen LogP contribution in [0, 0.1) is 17.6 Å². The van der Waals surface area contributed by atoms with E-state index in [2.05, 4.69) is 56.8 Å². The number of carbonyl (C=O) groups excluding carboxylic acids is 4. The molecule has 24 heteroatoms. The lowest BCUT2D eigenvalue weighted by atomic mass is 9.96. The summed E-state index contributed by atoms with van der Waals surface area (Å²) in [5.41, 5.74) is 9.13. The third kappa shape index (κ3) is 16.1. The minimum Gasteiger partial charge on any atom is -0.480 e. The van der Waals surface area contributed by atoms with Crippen LogP contribution in [0.2, 0.25) is 10.0 Å². The summed E-state index contributed by atoms with van der Waals surface area (Å²) in [7, 11) is 1.14. The SMILES string of the molecule is COC(=O)N[C@H](C(=O)N[C@H](C[C@@H](Cc1ccc(-c2cc(Cl)ccc2F)cc1)NC(=O)c1cn[nH]n1)C(=O)O)C(C)C.N[C@H](C[C@@H](Cc1ccc(-c2cc(Cl)ccc2F)cc1)NC(=O)c1cn[nH]n1)C(=O)O. The van der Waals surface area contributed by atoms with E-state index in [1.165, 1.54) is 42.7 Å². The highest BCUT2D eigenvalue weighted by Gasteiger charge is 2.32.